The number of hydrogen-bond acceptors (Lipinski definition) is 6. The summed E-state index contributed by atoms with van der Waals surface area (Å²) in [4.78, 5) is 14.5. The fraction of sp³-hybridized carbons (Fsp3) is 0.318. The fourth-order valence-corrected chi connectivity index (χ4v) is 2.90. The van der Waals surface area contributed by atoms with Crippen molar-refractivity contribution >= 4 is 10.8 Å². The molecule has 0 unspecified atom stereocenters. The number of hydrogen-bond donors (Lipinski definition) is 3. The molecule has 0 fully saturated rings. The minimum absolute atomic E-state index is 0.0171. The number of rotatable bonds is 10. The molecule has 3 aromatic rings. The Morgan fingerprint density at radius 3 is 2.38 bits per heavy atom. The van der Waals surface area contributed by atoms with Gasteiger partial charge in [-0.15, -0.1) is 0 Å². The second-order valence-corrected chi connectivity index (χ2v) is 6.76. The molecule has 0 aliphatic rings. The molecule has 2 atom stereocenters. The van der Waals surface area contributed by atoms with E-state index in [1.165, 1.54) is 6.20 Å². The number of pyridine rings is 1. The third-order valence-corrected chi connectivity index (χ3v) is 4.46. The number of methoxy groups -OCH3 is 1. The zero-order valence-corrected chi connectivity index (χ0v) is 16.6. The van der Waals surface area contributed by atoms with E-state index in [2.05, 4.69) is 10.3 Å². The molecule has 2 aromatic carbocycles. The Kier molecular flexibility index (Phi) is 7.10. The second-order valence-electron chi connectivity index (χ2n) is 6.76. The molecule has 3 N–H and O–H groups in total. The summed E-state index contributed by atoms with van der Waals surface area (Å²) in [5.41, 5.74) is -0.168. The van der Waals surface area contributed by atoms with Gasteiger partial charge in [0.25, 0.3) is 5.56 Å². The summed E-state index contributed by atoms with van der Waals surface area (Å²) in [6.07, 6.45) is 0.809. The van der Waals surface area contributed by atoms with Crippen LogP contribution in [0.5, 0.6) is 17.2 Å². The van der Waals surface area contributed by atoms with E-state index in [0.717, 1.165) is 5.39 Å². The Morgan fingerprint density at radius 1 is 0.966 bits per heavy atom. The monoisotopic (exact) mass is 398 g/mol. The third-order valence-electron chi connectivity index (χ3n) is 4.46. The number of aliphatic hydroxyl groups excluding tert-OH is 1. The van der Waals surface area contributed by atoms with Crippen LogP contribution in [0.15, 0.2) is 59.5 Å². The van der Waals surface area contributed by atoms with Crippen molar-refractivity contribution in [3.8, 4) is 17.2 Å². The Morgan fingerprint density at radius 2 is 1.62 bits per heavy atom. The second kappa shape index (κ2) is 9.95. The van der Waals surface area contributed by atoms with Gasteiger partial charge in [0, 0.05) is 24.2 Å². The number of para-hydroxylation sites is 2. The fourth-order valence-electron chi connectivity index (χ4n) is 2.90. The van der Waals surface area contributed by atoms with Crippen LogP contribution in [0.1, 0.15) is 6.92 Å². The molecule has 154 valence electrons. The Bertz CT molecular complexity index is 988. The molecule has 1 aromatic heterocycles. The van der Waals surface area contributed by atoms with Gasteiger partial charge in [-0.2, -0.15) is 0 Å². The summed E-state index contributed by atoms with van der Waals surface area (Å²) < 4.78 is 16.8. The molecule has 0 aliphatic carbocycles. The predicted molar refractivity (Wildman–Crippen MR) is 112 cm³/mol. The topological polar surface area (TPSA) is 92.8 Å². The van der Waals surface area contributed by atoms with Gasteiger partial charge in [-0.1, -0.05) is 30.3 Å². The summed E-state index contributed by atoms with van der Waals surface area (Å²) in [5.74, 6) is 1.89. The average Bonchev–Trinajstić information content (AvgIpc) is 2.76. The van der Waals surface area contributed by atoms with Gasteiger partial charge in [-0.25, -0.2) is 0 Å². The van der Waals surface area contributed by atoms with Crippen LogP contribution in [0, 0.1) is 0 Å². The van der Waals surface area contributed by atoms with Crippen LogP contribution >= 0.6 is 0 Å². The van der Waals surface area contributed by atoms with Crippen LogP contribution in [0.4, 0.5) is 0 Å². The molecule has 0 aliphatic heterocycles. The first-order valence-corrected chi connectivity index (χ1v) is 9.49. The van der Waals surface area contributed by atoms with Gasteiger partial charge >= 0.3 is 0 Å². The molecule has 0 spiro atoms. The SMILES string of the molecule is COc1ccccc1OC[C@H](C)NC[C@H](O)COc1c[nH]c(=O)c2ccccc12. The van der Waals surface area contributed by atoms with E-state index in [9.17, 15) is 9.90 Å². The van der Waals surface area contributed by atoms with E-state index in [0.29, 0.717) is 35.8 Å². The lowest BCUT2D eigenvalue weighted by atomic mass is 10.1. The number of ether oxygens (including phenoxy) is 3. The van der Waals surface area contributed by atoms with Crippen LogP contribution in [-0.4, -0.2) is 49.1 Å². The van der Waals surface area contributed by atoms with Crippen LogP contribution in [-0.2, 0) is 0 Å². The van der Waals surface area contributed by atoms with Gasteiger partial charge in [0.1, 0.15) is 25.1 Å². The first kappa shape index (κ1) is 20.7. The largest absolute Gasteiger partial charge is 0.493 e. The van der Waals surface area contributed by atoms with E-state index < -0.39 is 6.10 Å². The van der Waals surface area contributed by atoms with Crippen molar-refractivity contribution in [2.75, 3.05) is 26.9 Å². The highest BCUT2D eigenvalue weighted by atomic mass is 16.5. The molecular weight excluding hydrogens is 372 g/mol. The van der Waals surface area contributed by atoms with E-state index in [1.807, 2.05) is 43.3 Å². The number of aromatic nitrogens is 1. The number of H-pyrrole nitrogens is 1. The van der Waals surface area contributed by atoms with Crippen molar-refractivity contribution in [1.29, 1.82) is 0 Å². The van der Waals surface area contributed by atoms with Gasteiger partial charge in [-0.3, -0.25) is 4.79 Å². The summed E-state index contributed by atoms with van der Waals surface area (Å²) in [6.45, 7) is 2.85. The molecular formula is C22H26N2O5. The molecule has 7 heteroatoms. The smallest absolute Gasteiger partial charge is 0.256 e. The van der Waals surface area contributed by atoms with Gasteiger partial charge in [0.05, 0.1) is 12.5 Å². The van der Waals surface area contributed by atoms with E-state index in [4.69, 9.17) is 14.2 Å². The first-order chi connectivity index (χ1) is 14.1. The van der Waals surface area contributed by atoms with Crippen LogP contribution < -0.4 is 25.1 Å². The highest BCUT2D eigenvalue weighted by Gasteiger charge is 2.12. The Labute approximate surface area is 169 Å². The quantitative estimate of drug-likeness (QED) is 0.485. The van der Waals surface area contributed by atoms with Crippen molar-refractivity contribution in [1.82, 2.24) is 10.3 Å². The van der Waals surface area contributed by atoms with E-state index >= 15 is 0 Å². The summed E-state index contributed by atoms with van der Waals surface area (Å²) in [5, 5.41) is 14.7. The first-order valence-electron chi connectivity index (χ1n) is 9.49. The lowest BCUT2D eigenvalue weighted by molar-refractivity contribution is 0.102. The number of aliphatic hydroxyl groups is 1. The zero-order chi connectivity index (χ0) is 20.6. The number of benzene rings is 2. The van der Waals surface area contributed by atoms with Gasteiger partial charge < -0.3 is 29.6 Å². The molecule has 0 bridgehead atoms. The van der Waals surface area contributed by atoms with E-state index in [1.54, 1.807) is 19.2 Å². The lowest BCUT2D eigenvalue weighted by Gasteiger charge is -2.19. The number of aromatic amines is 1. The molecule has 0 radical (unpaired) electrons. The Balaban J connectivity index is 1.46. The zero-order valence-electron chi connectivity index (χ0n) is 16.6. The van der Waals surface area contributed by atoms with E-state index in [-0.39, 0.29) is 18.2 Å². The van der Waals surface area contributed by atoms with Crippen LogP contribution in [0.2, 0.25) is 0 Å². The number of fused-ring (bicyclic) bond motifs is 1. The normalized spacial score (nSPS) is 13.1. The lowest BCUT2D eigenvalue weighted by Crippen LogP contribution is -2.39. The van der Waals surface area contributed by atoms with Crippen molar-refractivity contribution in [2.24, 2.45) is 0 Å². The minimum atomic E-state index is -0.714. The van der Waals surface area contributed by atoms with Crippen molar-refractivity contribution < 1.29 is 19.3 Å². The van der Waals surface area contributed by atoms with Crippen LogP contribution in [0.25, 0.3) is 10.8 Å². The number of nitrogens with one attached hydrogen (secondary N) is 2. The predicted octanol–water partition coefficient (Wildman–Crippen LogP) is 2.33. The maximum atomic E-state index is 11.9. The van der Waals surface area contributed by atoms with Crippen molar-refractivity contribution in [3.63, 3.8) is 0 Å². The maximum absolute atomic E-state index is 11.9. The molecule has 0 saturated carbocycles. The van der Waals surface area contributed by atoms with Gasteiger partial charge in [-0.05, 0) is 25.1 Å². The third kappa shape index (κ3) is 5.49. The minimum Gasteiger partial charge on any atom is -0.493 e. The summed E-state index contributed by atoms with van der Waals surface area (Å²) in [6, 6.07) is 14.7. The summed E-state index contributed by atoms with van der Waals surface area (Å²) in [7, 11) is 1.60. The molecule has 3 rings (SSSR count). The maximum Gasteiger partial charge on any atom is 0.256 e. The van der Waals surface area contributed by atoms with Gasteiger partial charge in [0.2, 0.25) is 0 Å². The highest BCUT2D eigenvalue weighted by molar-refractivity contribution is 5.86. The molecule has 0 saturated heterocycles. The van der Waals surface area contributed by atoms with Crippen LogP contribution in [0.3, 0.4) is 0 Å². The van der Waals surface area contributed by atoms with Crippen molar-refractivity contribution in [3.05, 3.63) is 65.1 Å². The average molecular weight is 398 g/mol. The molecule has 0 amide bonds. The Hall–Kier alpha value is -3.03. The van der Waals surface area contributed by atoms with Crippen molar-refractivity contribution in [2.45, 2.75) is 19.1 Å². The van der Waals surface area contributed by atoms with Gasteiger partial charge in [0.15, 0.2) is 11.5 Å². The molecule has 29 heavy (non-hydrogen) atoms. The molecule has 1 heterocycles. The standard InChI is InChI=1S/C22H26N2O5/c1-15(13-28-20-10-6-5-9-19(20)27-2)23-11-16(25)14-29-21-12-24-22(26)18-8-4-3-7-17(18)21/h3-10,12,15-16,23,25H,11,13-14H2,1-2H3,(H,24,26)/t15-,16-/m0/s1. The summed E-state index contributed by atoms with van der Waals surface area (Å²) >= 11 is 0. The highest BCUT2D eigenvalue weighted by Crippen LogP contribution is 2.25. The molecule has 7 nitrogen and oxygen atoms in total.